The zero-order chi connectivity index (χ0) is 9.68. The minimum atomic E-state index is 0.433. The Bertz CT molecular complexity index is 334. The lowest BCUT2D eigenvalue weighted by Crippen LogP contribution is -1.83. The van der Waals surface area contributed by atoms with Crippen molar-refractivity contribution in [1.29, 1.82) is 0 Å². The maximum Gasteiger partial charge on any atom is 0.129 e. The fourth-order valence-electron chi connectivity index (χ4n) is 0.957. The molecule has 0 spiro atoms. The number of halogens is 1. The summed E-state index contributed by atoms with van der Waals surface area (Å²) in [7, 11) is 0. The molecule has 2 nitrogen and oxygen atoms in total. The average molecular weight is 196 g/mol. The second-order valence-electron chi connectivity index (χ2n) is 2.67. The maximum absolute atomic E-state index is 10.0. The number of aryl methyl sites for hydroxylation is 1. The van der Waals surface area contributed by atoms with Gasteiger partial charge in [-0.2, -0.15) is 0 Å². The molecular formula is C10H10ClNO. The second kappa shape index (κ2) is 4.77. The Balaban J connectivity index is 2.83. The van der Waals surface area contributed by atoms with Gasteiger partial charge in [-0.25, -0.2) is 4.98 Å². The summed E-state index contributed by atoms with van der Waals surface area (Å²) in [6.07, 6.45) is 6.65. The summed E-state index contributed by atoms with van der Waals surface area (Å²) >= 11 is 5.69. The molecule has 0 atom stereocenters. The molecule has 0 aliphatic carbocycles. The first-order valence-corrected chi connectivity index (χ1v) is 4.34. The van der Waals surface area contributed by atoms with Crippen LogP contribution in [0.1, 0.15) is 17.5 Å². The number of hydrogen-bond donors (Lipinski definition) is 0. The Morgan fingerprint density at radius 1 is 1.62 bits per heavy atom. The molecule has 0 aromatic carbocycles. The van der Waals surface area contributed by atoms with Gasteiger partial charge in [0.15, 0.2) is 0 Å². The van der Waals surface area contributed by atoms with E-state index in [4.69, 9.17) is 11.6 Å². The lowest BCUT2D eigenvalue weighted by atomic mass is 10.1. The molecule has 0 aliphatic heterocycles. The molecule has 1 rings (SSSR count). The Hall–Kier alpha value is -1.15. The van der Waals surface area contributed by atoms with Crippen LogP contribution in [-0.4, -0.2) is 11.3 Å². The number of pyridine rings is 1. The van der Waals surface area contributed by atoms with E-state index in [9.17, 15) is 4.79 Å². The number of nitrogens with zero attached hydrogens (tertiary/aromatic N) is 1. The largest absolute Gasteiger partial charge is 0.303 e. The standard InChI is InChI=1S/C10H10ClNO/c1-8-6-10(11)12-7-9(8)4-2-3-5-13/h2,4-7H,3H2,1H3. The molecule has 0 aliphatic rings. The van der Waals surface area contributed by atoms with Gasteiger partial charge in [0.25, 0.3) is 0 Å². The van der Waals surface area contributed by atoms with Crippen LogP contribution in [0.5, 0.6) is 0 Å². The van der Waals surface area contributed by atoms with Gasteiger partial charge in [0.1, 0.15) is 11.4 Å². The number of aromatic nitrogens is 1. The number of allylic oxidation sites excluding steroid dienone is 1. The van der Waals surface area contributed by atoms with Crippen molar-refractivity contribution in [2.45, 2.75) is 13.3 Å². The van der Waals surface area contributed by atoms with Gasteiger partial charge < -0.3 is 4.79 Å². The van der Waals surface area contributed by atoms with E-state index in [-0.39, 0.29) is 0 Å². The van der Waals surface area contributed by atoms with Gasteiger partial charge in [-0.3, -0.25) is 0 Å². The van der Waals surface area contributed by atoms with Crippen molar-refractivity contribution in [1.82, 2.24) is 4.98 Å². The Labute approximate surface area is 82.3 Å². The molecule has 0 saturated heterocycles. The number of rotatable bonds is 3. The topological polar surface area (TPSA) is 30.0 Å². The Morgan fingerprint density at radius 3 is 3.00 bits per heavy atom. The second-order valence-corrected chi connectivity index (χ2v) is 3.06. The fourth-order valence-corrected chi connectivity index (χ4v) is 1.17. The lowest BCUT2D eigenvalue weighted by molar-refractivity contribution is -0.107. The molecule has 0 saturated carbocycles. The van der Waals surface area contributed by atoms with Crippen molar-refractivity contribution < 1.29 is 4.79 Å². The van der Waals surface area contributed by atoms with E-state index in [0.29, 0.717) is 11.6 Å². The van der Waals surface area contributed by atoms with Crippen molar-refractivity contribution in [3.8, 4) is 0 Å². The summed E-state index contributed by atoms with van der Waals surface area (Å²) in [6, 6.07) is 1.79. The molecule has 0 amide bonds. The van der Waals surface area contributed by atoms with Gasteiger partial charge in [-0.15, -0.1) is 0 Å². The van der Waals surface area contributed by atoms with Crippen LogP contribution >= 0.6 is 11.6 Å². The smallest absolute Gasteiger partial charge is 0.129 e. The van der Waals surface area contributed by atoms with E-state index in [0.717, 1.165) is 17.4 Å². The lowest BCUT2D eigenvalue weighted by Gasteiger charge is -1.98. The summed E-state index contributed by atoms with van der Waals surface area (Å²) in [5.41, 5.74) is 2.05. The summed E-state index contributed by atoms with van der Waals surface area (Å²) in [5.74, 6) is 0. The van der Waals surface area contributed by atoms with E-state index in [1.807, 2.05) is 13.0 Å². The fraction of sp³-hybridized carbons (Fsp3) is 0.200. The molecule has 0 bridgehead atoms. The minimum absolute atomic E-state index is 0.433. The van der Waals surface area contributed by atoms with E-state index < -0.39 is 0 Å². The SMILES string of the molecule is Cc1cc(Cl)ncc1C=CCC=O. The molecule has 68 valence electrons. The molecule has 0 N–H and O–H groups in total. The predicted octanol–water partition coefficient (Wildman–Crippen LogP) is 2.65. The third-order valence-corrected chi connectivity index (χ3v) is 1.85. The van der Waals surface area contributed by atoms with E-state index in [1.165, 1.54) is 0 Å². The first kappa shape index (κ1) is 9.93. The number of aldehydes is 1. The van der Waals surface area contributed by atoms with Crippen LogP contribution in [0.2, 0.25) is 5.15 Å². The Kier molecular flexibility index (Phi) is 3.65. The van der Waals surface area contributed by atoms with Crippen LogP contribution in [0.4, 0.5) is 0 Å². The number of hydrogen-bond acceptors (Lipinski definition) is 2. The quantitative estimate of drug-likeness (QED) is 0.548. The van der Waals surface area contributed by atoms with Gasteiger partial charge in [0.2, 0.25) is 0 Å². The predicted molar refractivity (Wildman–Crippen MR) is 53.7 cm³/mol. The van der Waals surface area contributed by atoms with Gasteiger partial charge in [0, 0.05) is 12.6 Å². The highest BCUT2D eigenvalue weighted by Crippen LogP contribution is 2.13. The summed E-state index contributed by atoms with van der Waals surface area (Å²) in [5, 5.41) is 0.491. The summed E-state index contributed by atoms with van der Waals surface area (Å²) in [4.78, 5) is 14.0. The number of carbonyl (C=O) groups excluding carboxylic acids is 1. The van der Waals surface area contributed by atoms with Gasteiger partial charge in [-0.05, 0) is 24.1 Å². The van der Waals surface area contributed by atoms with E-state index >= 15 is 0 Å². The zero-order valence-electron chi connectivity index (χ0n) is 7.33. The van der Waals surface area contributed by atoms with Gasteiger partial charge >= 0.3 is 0 Å². The van der Waals surface area contributed by atoms with Crippen LogP contribution in [0.3, 0.4) is 0 Å². The molecule has 1 aromatic heterocycles. The van der Waals surface area contributed by atoms with E-state index in [1.54, 1.807) is 18.3 Å². The van der Waals surface area contributed by atoms with Crippen molar-refractivity contribution in [3.63, 3.8) is 0 Å². The van der Waals surface area contributed by atoms with Gasteiger partial charge in [0.05, 0.1) is 0 Å². The van der Waals surface area contributed by atoms with Crippen molar-refractivity contribution in [3.05, 3.63) is 34.6 Å². The van der Waals surface area contributed by atoms with E-state index in [2.05, 4.69) is 4.98 Å². The molecular weight excluding hydrogens is 186 g/mol. The minimum Gasteiger partial charge on any atom is -0.303 e. The molecule has 13 heavy (non-hydrogen) atoms. The van der Waals surface area contributed by atoms with Crippen molar-refractivity contribution >= 4 is 24.0 Å². The van der Waals surface area contributed by atoms with Crippen LogP contribution in [0.25, 0.3) is 6.08 Å². The third kappa shape index (κ3) is 2.99. The van der Waals surface area contributed by atoms with Crippen LogP contribution in [0.15, 0.2) is 18.3 Å². The molecule has 0 unspecified atom stereocenters. The van der Waals surface area contributed by atoms with Crippen LogP contribution in [0, 0.1) is 6.92 Å². The average Bonchev–Trinajstić information content (AvgIpc) is 2.09. The van der Waals surface area contributed by atoms with Crippen LogP contribution < -0.4 is 0 Å². The molecule has 3 heteroatoms. The first-order chi connectivity index (χ1) is 6.24. The highest BCUT2D eigenvalue weighted by molar-refractivity contribution is 6.29. The maximum atomic E-state index is 10.0. The molecule has 1 aromatic rings. The highest BCUT2D eigenvalue weighted by atomic mass is 35.5. The monoisotopic (exact) mass is 195 g/mol. The summed E-state index contributed by atoms with van der Waals surface area (Å²) in [6.45, 7) is 1.95. The normalized spacial score (nSPS) is 10.6. The van der Waals surface area contributed by atoms with Crippen molar-refractivity contribution in [2.24, 2.45) is 0 Å². The molecule has 0 radical (unpaired) electrons. The Morgan fingerprint density at radius 2 is 2.38 bits per heavy atom. The first-order valence-electron chi connectivity index (χ1n) is 3.96. The van der Waals surface area contributed by atoms with Crippen molar-refractivity contribution in [2.75, 3.05) is 0 Å². The molecule has 0 fully saturated rings. The zero-order valence-corrected chi connectivity index (χ0v) is 8.08. The third-order valence-electron chi connectivity index (χ3n) is 1.65. The van der Waals surface area contributed by atoms with Gasteiger partial charge in [-0.1, -0.05) is 23.8 Å². The molecule has 1 heterocycles. The highest BCUT2D eigenvalue weighted by Gasteiger charge is 1.95. The number of carbonyl (C=O) groups is 1. The van der Waals surface area contributed by atoms with Crippen LogP contribution in [-0.2, 0) is 4.79 Å². The summed E-state index contributed by atoms with van der Waals surface area (Å²) < 4.78 is 0.